The maximum atomic E-state index is 14.2. The first-order chi connectivity index (χ1) is 20.2. The van der Waals surface area contributed by atoms with E-state index in [-0.39, 0.29) is 30.3 Å². The lowest BCUT2D eigenvalue weighted by Gasteiger charge is -2.45. The second-order valence-electron chi connectivity index (χ2n) is 12.7. The lowest BCUT2D eigenvalue weighted by molar-refractivity contribution is -0.158. The number of alkyl carbamates (subject to hydrolysis) is 1. The fourth-order valence-electron chi connectivity index (χ4n) is 6.63. The van der Waals surface area contributed by atoms with Crippen molar-refractivity contribution in [2.24, 2.45) is 17.3 Å². The molecule has 1 saturated carbocycles. The number of Topliss-reactive ketones (excluding diaryl/α,β-unsaturated/α-hetero) is 1. The Morgan fingerprint density at radius 1 is 1.10 bits per heavy atom. The minimum atomic E-state index is -0.897. The van der Waals surface area contributed by atoms with Gasteiger partial charge in [0.05, 0.1) is 43.9 Å². The molecule has 4 aliphatic rings. The van der Waals surface area contributed by atoms with E-state index in [4.69, 9.17) is 28.9 Å². The molecule has 1 aliphatic carbocycles. The van der Waals surface area contributed by atoms with E-state index in [1.54, 1.807) is 12.0 Å². The van der Waals surface area contributed by atoms with E-state index in [0.717, 1.165) is 43.3 Å². The van der Waals surface area contributed by atoms with E-state index in [1.165, 1.54) is 6.92 Å². The molecule has 226 valence electrons. The largest absolute Gasteiger partial charge is 0.497 e. The number of hydrogen-bond acceptors (Lipinski definition) is 9. The summed E-state index contributed by atoms with van der Waals surface area (Å²) in [5.41, 5.74) is 1.56. The van der Waals surface area contributed by atoms with Crippen LogP contribution in [0.2, 0.25) is 0 Å². The fraction of sp³-hybridized carbons (Fsp3) is 0.645. The molecular weight excluding hydrogens is 540 g/mol. The highest BCUT2D eigenvalue weighted by molar-refractivity contribution is 5.93. The Balaban J connectivity index is 1.35. The monoisotopic (exact) mass is 580 g/mol. The average Bonchev–Trinajstić information content (AvgIpc) is 3.59. The van der Waals surface area contributed by atoms with Crippen LogP contribution in [0.4, 0.5) is 4.79 Å². The number of ketones is 1. The highest BCUT2D eigenvalue weighted by Crippen LogP contribution is 2.40. The van der Waals surface area contributed by atoms with E-state index in [1.807, 2.05) is 32.0 Å². The van der Waals surface area contributed by atoms with Gasteiger partial charge in [-0.3, -0.25) is 9.59 Å². The summed E-state index contributed by atoms with van der Waals surface area (Å²) in [7, 11) is 1.61. The molecule has 2 amide bonds. The Morgan fingerprint density at radius 2 is 1.90 bits per heavy atom. The first-order valence-corrected chi connectivity index (χ1v) is 15.0. The van der Waals surface area contributed by atoms with E-state index in [2.05, 4.69) is 5.32 Å². The van der Waals surface area contributed by atoms with Gasteiger partial charge in [0, 0.05) is 17.4 Å². The summed E-state index contributed by atoms with van der Waals surface area (Å²) in [5, 5.41) is 2.86. The Morgan fingerprint density at radius 3 is 2.62 bits per heavy atom. The number of nitrogens with zero attached hydrogens (tertiary/aromatic N) is 3. The molecule has 6 rings (SSSR count). The van der Waals surface area contributed by atoms with Crippen molar-refractivity contribution in [2.75, 3.05) is 26.9 Å². The second-order valence-corrected chi connectivity index (χ2v) is 12.7. The first-order valence-electron chi connectivity index (χ1n) is 15.0. The van der Waals surface area contributed by atoms with Crippen LogP contribution in [0.15, 0.2) is 18.2 Å². The molecule has 1 N–H and O–H groups in total. The average molecular weight is 581 g/mol. The molecule has 4 heterocycles. The molecule has 0 radical (unpaired) electrons. The molecule has 1 aromatic carbocycles. The molecule has 2 bridgehead atoms. The van der Waals surface area contributed by atoms with Gasteiger partial charge in [-0.25, -0.2) is 14.8 Å². The summed E-state index contributed by atoms with van der Waals surface area (Å²) in [6.45, 7) is 6.14. The van der Waals surface area contributed by atoms with Crippen LogP contribution in [-0.4, -0.2) is 83.8 Å². The topological polar surface area (TPSA) is 129 Å². The minimum absolute atomic E-state index is 0.130. The van der Waals surface area contributed by atoms with Gasteiger partial charge in [-0.1, -0.05) is 26.7 Å². The van der Waals surface area contributed by atoms with Crippen molar-refractivity contribution in [3.8, 4) is 11.6 Å². The smallest absolute Gasteiger partial charge is 0.408 e. The first kappa shape index (κ1) is 28.6. The molecule has 2 aromatic rings. The molecule has 0 unspecified atom stereocenters. The second kappa shape index (κ2) is 11.3. The summed E-state index contributed by atoms with van der Waals surface area (Å²) >= 11 is 0. The van der Waals surface area contributed by atoms with Crippen molar-refractivity contribution in [3.05, 3.63) is 23.9 Å². The van der Waals surface area contributed by atoms with Crippen LogP contribution in [0.1, 0.15) is 58.6 Å². The zero-order valence-corrected chi connectivity index (χ0v) is 24.8. The number of rotatable bonds is 3. The van der Waals surface area contributed by atoms with Gasteiger partial charge in [-0.05, 0) is 50.7 Å². The standard InChI is InChI=1S/C31H40N4O7/c1-17-25-14-35(26(17)18(2)36)29(37)27(31(3)15-40-16-31)34-30(38)42-24-12-19(24)8-6-5-7-9-22-28(41-25)33-23-13-20(39-4)10-11-21(23)32-22/h10-11,13,17,19,24-27H,5-9,12,14-16H2,1-4H3,(H,34,38)/t17-,19-,24-,25+,26+,27-/m1/s1. The predicted molar refractivity (Wildman–Crippen MR) is 152 cm³/mol. The summed E-state index contributed by atoms with van der Waals surface area (Å²) in [4.78, 5) is 51.5. The van der Waals surface area contributed by atoms with Crippen LogP contribution < -0.4 is 14.8 Å². The Kier molecular flexibility index (Phi) is 7.72. The number of nitrogens with one attached hydrogen (secondary N) is 1. The van der Waals surface area contributed by atoms with Crippen LogP contribution in [0.3, 0.4) is 0 Å². The van der Waals surface area contributed by atoms with Crippen LogP contribution in [0, 0.1) is 17.3 Å². The number of ether oxygens (including phenoxy) is 4. The third kappa shape index (κ3) is 5.50. The number of fused-ring (bicyclic) bond motifs is 5. The normalized spacial score (nSPS) is 31.3. The van der Waals surface area contributed by atoms with Crippen molar-refractivity contribution in [1.82, 2.24) is 20.2 Å². The summed E-state index contributed by atoms with van der Waals surface area (Å²) < 4.78 is 23.1. The summed E-state index contributed by atoms with van der Waals surface area (Å²) in [5.74, 6) is 0.643. The maximum absolute atomic E-state index is 14.2. The third-order valence-electron chi connectivity index (χ3n) is 9.34. The Labute approximate surface area is 245 Å². The van der Waals surface area contributed by atoms with E-state index < -0.39 is 29.7 Å². The molecule has 11 nitrogen and oxygen atoms in total. The molecule has 3 fully saturated rings. The lowest BCUT2D eigenvalue weighted by atomic mass is 9.79. The van der Waals surface area contributed by atoms with Gasteiger partial charge in [0.1, 0.15) is 29.7 Å². The molecule has 2 saturated heterocycles. The van der Waals surface area contributed by atoms with Crippen LogP contribution in [0.5, 0.6) is 11.6 Å². The number of methoxy groups -OCH3 is 1. The number of carbonyl (C=O) groups excluding carboxylic acids is 3. The van der Waals surface area contributed by atoms with Crippen molar-refractivity contribution in [1.29, 1.82) is 0 Å². The van der Waals surface area contributed by atoms with E-state index >= 15 is 0 Å². The van der Waals surface area contributed by atoms with Gasteiger partial charge in [0.2, 0.25) is 11.8 Å². The quantitative estimate of drug-likeness (QED) is 0.580. The van der Waals surface area contributed by atoms with Crippen molar-refractivity contribution >= 4 is 28.8 Å². The SMILES string of the molecule is COc1ccc2nc3c(nc2c1)O[C@H]1CN(C(=O)[C@H](C2(C)COC2)NC(=O)O[C@@H]2C[C@H]2CCCCC3)[C@H](C(C)=O)[C@@H]1C. The molecule has 0 spiro atoms. The maximum Gasteiger partial charge on any atom is 0.408 e. The van der Waals surface area contributed by atoms with Crippen molar-refractivity contribution in [2.45, 2.75) is 83.6 Å². The van der Waals surface area contributed by atoms with Crippen molar-refractivity contribution < 1.29 is 33.3 Å². The number of hydrogen-bond donors (Lipinski definition) is 1. The zero-order chi connectivity index (χ0) is 29.6. The van der Waals surface area contributed by atoms with Gasteiger partial charge in [0.25, 0.3) is 0 Å². The fourth-order valence-corrected chi connectivity index (χ4v) is 6.63. The van der Waals surface area contributed by atoms with Gasteiger partial charge >= 0.3 is 6.09 Å². The molecule has 6 atom stereocenters. The molecule has 3 aliphatic heterocycles. The van der Waals surface area contributed by atoms with E-state index in [9.17, 15) is 14.4 Å². The van der Waals surface area contributed by atoms with E-state index in [0.29, 0.717) is 42.7 Å². The number of amides is 2. The predicted octanol–water partition coefficient (Wildman–Crippen LogP) is 3.46. The number of aromatic nitrogens is 2. The van der Waals surface area contributed by atoms with Crippen LogP contribution in [0.25, 0.3) is 11.0 Å². The molecule has 42 heavy (non-hydrogen) atoms. The lowest BCUT2D eigenvalue weighted by Crippen LogP contribution is -2.64. The van der Waals surface area contributed by atoms with Gasteiger partial charge < -0.3 is 29.2 Å². The zero-order valence-electron chi connectivity index (χ0n) is 24.8. The number of carbonyl (C=O) groups is 3. The van der Waals surface area contributed by atoms with Gasteiger partial charge in [0.15, 0.2) is 5.78 Å². The number of aryl methyl sites for hydroxylation is 1. The Bertz CT molecular complexity index is 1380. The summed E-state index contributed by atoms with van der Waals surface area (Å²) in [6, 6.07) is 3.98. The molecular formula is C31H40N4O7. The molecule has 1 aromatic heterocycles. The summed E-state index contributed by atoms with van der Waals surface area (Å²) in [6.07, 6.45) is 4.22. The highest BCUT2D eigenvalue weighted by Gasteiger charge is 2.53. The Hall–Kier alpha value is -3.47. The van der Waals surface area contributed by atoms with Crippen LogP contribution in [-0.2, 0) is 25.5 Å². The van der Waals surface area contributed by atoms with Gasteiger partial charge in [-0.15, -0.1) is 0 Å². The third-order valence-corrected chi connectivity index (χ3v) is 9.34. The minimum Gasteiger partial charge on any atom is -0.497 e. The highest BCUT2D eigenvalue weighted by atomic mass is 16.6. The van der Waals surface area contributed by atoms with Crippen molar-refractivity contribution in [3.63, 3.8) is 0 Å². The van der Waals surface area contributed by atoms with Gasteiger partial charge in [-0.2, -0.15) is 0 Å². The number of benzene rings is 1. The van der Waals surface area contributed by atoms with Crippen LogP contribution >= 0.6 is 0 Å². The molecule has 11 heteroatoms.